The first-order valence-electron chi connectivity index (χ1n) is 8.27. The molecule has 26 heavy (non-hydrogen) atoms. The maximum atomic E-state index is 14.5. The van der Waals surface area contributed by atoms with E-state index in [2.05, 4.69) is 0 Å². The quantitative estimate of drug-likeness (QED) is 0.900. The highest BCUT2D eigenvalue weighted by Crippen LogP contribution is 2.42. The van der Waals surface area contributed by atoms with Gasteiger partial charge in [-0.1, -0.05) is 39.0 Å². The van der Waals surface area contributed by atoms with Gasteiger partial charge in [-0.3, -0.25) is 9.59 Å². The van der Waals surface area contributed by atoms with Crippen LogP contribution in [-0.2, 0) is 16.1 Å². The Morgan fingerprint density at radius 2 is 1.92 bits per heavy atom. The third-order valence-electron chi connectivity index (χ3n) is 4.34. The Morgan fingerprint density at radius 3 is 2.50 bits per heavy atom. The molecule has 2 aromatic rings. The summed E-state index contributed by atoms with van der Waals surface area (Å²) in [5, 5.41) is 10.4. The van der Waals surface area contributed by atoms with Crippen molar-refractivity contribution in [2.24, 2.45) is 5.41 Å². The van der Waals surface area contributed by atoms with Crippen LogP contribution in [0.5, 0.6) is 0 Å². The van der Waals surface area contributed by atoms with E-state index in [-0.39, 0.29) is 17.7 Å². The highest BCUT2D eigenvalue weighted by molar-refractivity contribution is 6.10. The number of rotatable bonds is 4. The zero-order valence-corrected chi connectivity index (χ0v) is 14.8. The van der Waals surface area contributed by atoms with Gasteiger partial charge in [-0.15, -0.1) is 0 Å². The third kappa shape index (κ3) is 3.03. The standard InChI is InChI=1S/C20H20FNO4/c1-20(2,3)18(24)15-16(13-8-4-5-9-14(13)21)22(19(25)17(15)23)11-12-7-6-10-26-12/h4-10,16,23H,11H2,1-3H3. The first kappa shape index (κ1) is 17.9. The minimum absolute atomic E-state index is 0.00974. The summed E-state index contributed by atoms with van der Waals surface area (Å²) in [6.45, 7) is 5.07. The predicted molar refractivity (Wildman–Crippen MR) is 92.5 cm³/mol. The lowest BCUT2D eigenvalue weighted by Gasteiger charge is -2.28. The lowest BCUT2D eigenvalue weighted by molar-refractivity contribution is -0.130. The number of carbonyl (C=O) groups excluding carboxylic acids is 2. The zero-order valence-electron chi connectivity index (χ0n) is 14.8. The SMILES string of the molecule is CC(C)(C)C(=O)C1=C(O)C(=O)N(Cc2ccco2)C1c1ccccc1F. The predicted octanol–water partition coefficient (Wildman–Crippen LogP) is 3.93. The van der Waals surface area contributed by atoms with Gasteiger partial charge in [0.05, 0.1) is 24.4 Å². The molecular formula is C20H20FNO4. The van der Waals surface area contributed by atoms with E-state index in [4.69, 9.17) is 4.42 Å². The molecule has 2 heterocycles. The van der Waals surface area contributed by atoms with Gasteiger partial charge in [0.1, 0.15) is 11.6 Å². The van der Waals surface area contributed by atoms with Crippen molar-refractivity contribution in [1.82, 2.24) is 4.90 Å². The molecule has 1 unspecified atom stereocenters. The molecule has 1 aliphatic heterocycles. The number of hydrogen-bond donors (Lipinski definition) is 1. The Kier molecular flexibility index (Phi) is 4.44. The molecule has 6 heteroatoms. The first-order valence-corrected chi connectivity index (χ1v) is 8.27. The van der Waals surface area contributed by atoms with Gasteiger partial charge >= 0.3 is 0 Å². The molecule has 0 spiro atoms. The minimum Gasteiger partial charge on any atom is -0.503 e. The third-order valence-corrected chi connectivity index (χ3v) is 4.34. The van der Waals surface area contributed by atoms with Crippen molar-refractivity contribution in [2.75, 3.05) is 0 Å². The van der Waals surface area contributed by atoms with Crippen molar-refractivity contribution in [3.63, 3.8) is 0 Å². The van der Waals surface area contributed by atoms with Crippen LogP contribution < -0.4 is 0 Å². The van der Waals surface area contributed by atoms with E-state index in [0.29, 0.717) is 5.76 Å². The van der Waals surface area contributed by atoms with E-state index in [1.54, 1.807) is 39.0 Å². The Bertz CT molecular complexity index is 877. The molecular weight excluding hydrogens is 337 g/mol. The summed E-state index contributed by atoms with van der Waals surface area (Å²) in [7, 11) is 0. The van der Waals surface area contributed by atoms with Crippen LogP contribution in [0.25, 0.3) is 0 Å². The second-order valence-corrected chi connectivity index (χ2v) is 7.28. The van der Waals surface area contributed by atoms with E-state index < -0.39 is 34.7 Å². The molecule has 1 aromatic heterocycles. The average molecular weight is 357 g/mol. The number of aliphatic hydroxyl groups excluding tert-OH is 1. The summed E-state index contributed by atoms with van der Waals surface area (Å²) < 4.78 is 19.8. The van der Waals surface area contributed by atoms with Crippen molar-refractivity contribution >= 4 is 11.7 Å². The first-order chi connectivity index (χ1) is 12.2. The van der Waals surface area contributed by atoms with Gasteiger partial charge < -0.3 is 14.4 Å². The summed E-state index contributed by atoms with van der Waals surface area (Å²) in [5.41, 5.74) is -0.767. The monoisotopic (exact) mass is 357 g/mol. The van der Waals surface area contributed by atoms with Gasteiger partial charge in [0.15, 0.2) is 11.5 Å². The smallest absolute Gasteiger partial charge is 0.290 e. The zero-order chi connectivity index (χ0) is 19.1. The molecule has 1 aliphatic rings. The number of Topliss-reactive ketones (excluding diaryl/α,β-unsaturated/α-hetero) is 1. The number of carbonyl (C=O) groups is 2. The number of aliphatic hydroxyl groups is 1. The second-order valence-electron chi connectivity index (χ2n) is 7.28. The molecule has 0 saturated carbocycles. The number of halogens is 1. The molecule has 136 valence electrons. The second kappa shape index (κ2) is 6.44. The Morgan fingerprint density at radius 1 is 1.23 bits per heavy atom. The molecule has 0 saturated heterocycles. The van der Waals surface area contributed by atoms with Crippen LogP contribution >= 0.6 is 0 Å². The van der Waals surface area contributed by atoms with Gasteiger partial charge in [0.2, 0.25) is 0 Å². The summed E-state index contributed by atoms with van der Waals surface area (Å²) in [5.74, 6) is -1.84. The highest BCUT2D eigenvalue weighted by Gasteiger charge is 2.46. The van der Waals surface area contributed by atoms with Crippen LogP contribution in [0.2, 0.25) is 0 Å². The fourth-order valence-corrected chi connectivity index (χ4v) is 3.04. The van der Waals surface area contributed by atoms with Crippen LogP contribution in [0.1, 0.15) is 38.1 Å². The van der Waals surface area contributed by atoms with E-state index in [1.807, 2.05) is 0 Å². The van der Waals surface area contributed by atoms with Crippen molar-refractivity contribution in [3.05, 3.63) is 71.1 Å². The molecule has 1 aromatic carbocycles. The molecule has 1 atom stereocenters. The largest absolute Gasteiger partial charge is 0.503 e. The van der Waals surface area contributed by atoms with E-state index in [1.165, 1.54) is 29.4 Å². The molecule has 1 amide bonds. The molecule has 0 aliphatic carbocycles. The summed E-state index contributed by atoms with van der Waals surface area (Å²) in [4.78, 5) is 26.8. The highest BCUT2D eigenvalue weighted by atomic mass is 19.1. The molecule has 0 radical (unpaired) electrons. The Hall–Kier alpha value is -2.89. The molecule has 5 nitrogen and oxygen atoms in total. The normalized spacial score (nSPS) is 17.9. The van der Waals surface area contributed by atoms with Crippen LogP contribution in [0, 0.1) is 11.2 Å². The van der Waals surface area contributed by atoms with Crippen LogP contribution in [0.4, 0.5) is 4.39 Å². The van der Waals surface area contributed by atoms with Gasteiger partial charge in [0, 0.05) is 11.0 Å². The van der Waals surface area contributed by atoms with Crippen molar-refractivity contribution in [1.29, 1.82) is 0 Å². The summed E-state index contributed by atoms with van der Waals surface area (Å²) >= 11 is 0. The molecule has 0 fully saturated rings. The average Bonchev–Trinajstić information content (AvgIpc) is 3.16. The number of ketones is 1. The summed E-state index contributed by atoms with van der Waals surface area (Å²) in [6, 6.07) is 8.26. The maximum Gasteiger partial charge on any atom is 0.290 e. The lowest BCUT2D eigenvalue weighted by atomic mass is 9.82. The van der Waals surface area contributed by atoms with Gasteiger partial charge in [-0.2, -0.15) is 0 Å². The van der Waals surface area contributed by atoms with Crippen LogP contribution in [-0.4, -0.2) is 21.7 Å². The molecule has 3 rings (SSSR count). The Labute approximate surface area is 150 Å². The van der Waals surface area contributed by atoms with Crippen LogP contribution in [0.15, 0.2) is 58.4 Å². The fourth-order valence-electron chi connectivity index (χ4n) is 3.04. The van der Waals surface area contributed by atoms with E-state index in [9.17, 15) is 19.1 Å². The van der Waals surface area contributed by atoms with Crippen molar-refractivity contribution in [2.45, 2.75) is 33.4 Å². The number of amides is 1. The maximum absolute atomic E-state index is 14.5. The van der Waals surface area contributed by atoms with E-state index >= 15 is 0 Å². The lowest BCUT2D eigenvalue weighted by Crippen LogP contribution is -2.32. The summed E-state index contributed by atoms with van der Waals surface area (Å²) in [6.07, 6.45) is 1.46. The topological polar surface area (TPSA) is 70.8 Å². The van der Waals surface area contributed by atoms with Gasteiger partial charge in [-0.25, -0.2) is 4.39 Å². The number of benzene rings is 1. The molecule has 1 N–H and O–H groups in total. The number of furan rings is 1. The Balaban J connectivity index is 2.13. The van der Waals surface area contributed by atoms with Crippen molar-refractivity contribution < 1.29 is 23.5 Å². The molecule has 0 bridgehead atoms. The van der Waals surface area contributed by atoms with Crippen LogP contribution in [0.3, 0.4) is 0 Å². The minimum atomic E-state index is -1.01. The van der Waals surface area contributed by atoms with E-state index in [0.717, 1.165) is 0 Å². The van der Waals surface area contributed by atoms with Crippen molar-refractivity contribution in [3.8, 4) is 0 Å². The fraction of sp³-hybridized carbons (Fsp3) is 0.300. The van der Waals surface area contributed by atoms with Gasteiger partial charge in [-0.05, 0) is 18.2 Å². The number of nitrogens with zero attached hydrogens (tertiary/aromatic N) is 1. The van der Waals surface area contributed by atoms with Gasteiger partial charge in [0.25, 0.3) is 5.91 Å². The number of hydrogen-bond acceptors (Lipinski definition) is 4.